The summed E-state index contributed by atoms with van der Waals surface area (Å²) in [4.78, 5) is 24.2. The molecule has 0 aromatic heterocycles. The molecule has 0 N–H and O–H groups in total. The second-order valence-corrected chi connectivity index (χ2v) is 5.52. The normalized spacial score (nSPS) is 11.3. The van der Waals surface area contributed by atoms with Crippen LogP contribution < -0.4 is 0 Å². The van der Waals surface area contributed by atoms with Crippen LogP contribution in [-0.4, -0.2) is 17.9 Å². The average molecular weight is 358 g/mol. The van der Waals surface area contributed by atoms with Gasteiger partial charge in [0.15, 0.2) is 6.10 Å². The maximum Gasteiger partial charge on any atom is 0.338 e. The van der Waals surface area contributed by atoms with Crippen LogP contribution in [0.5, 0.6) is 0 Å². The Kier molecular flexibility index (Phi) is 5.08. The molecule has 0 saturated heterocycles. The van der Waals surface area contributed by atoms with Crippen molar-refractivity contribution in [3.05, 3.63) is 69.7 Å². The number of benzene rings is 2. The summed E-state index contributed by atoms with van der Waals surface area (Å²) in [6.07, 6.45) is -0.885. The van der Waals surface area contributed by atoms with Crippen LogP contribution in [0.4, 0.5) is 0 Å². The van der Waals surface area contributed by atoms with Gasteiger partial charge in [-0.3, -0.25) is 4.79 Å². The summed E-state index contributed by atoms with van der Waals surface area (Å²) in [5.41, 5.74) is 1.23. The number of nitrogens with zero attached hydrogens (tertiary/aromatic N) is 1. The van der Waals surface area contributed by atoms with Gasteiger partial charge in [0.1, 0.15) is 0 Å². The molecule has 0 unspecified atom stereocenters. The molecule has 22 heavy (non-hydrogen) atoms. The van der Waals surface area contributed by atoms with Crippen molar-refractivity contribution in [3.63, 3.8) is 0 Å². The summed E-state index contributed by atoms with van der Waals surface area (Å²) < 4.78 is 6.04. The maximum atomic E-state index is 12.2. The zero-order chi connectivity index (χ0) is 16.1. The smallest absolute Gasteiger partial charge is 0.338 e. The van der Waals surface area contributed by atoms with E-state index in [-0.39, 0.29) is 5.78 Å². The van der Waals surface area contributed by atoms with Gasteiger partial charge in [-0.05, 0) is 43.3 Å². The van der Waals surface area contributed by atoms with E-state index in [1.165, 1.54) is 31.2 Å². The van der Waals surface area contributed by atoms with E-state index in [2.05, 4.69) is 15.9 Å². The van der Waals surface area contributed by atoms with Gasteiger partial charge < -0.3 is 4.74 Å². The molecule has 0 amide bonds. The molecule has 2 rings (SSSR count). The largest absolute Gasteiger partial charge is 0.451 e. The van der Waals surface area contributed by atoms with Crippen molar-refractivity contribution in [2.75, 3.05) is 0 Å². The molecule has 1 atom stereocenters. The van der Waals surface area contributed by atoms with Gasteiger partial charge in [-0.1, -0.05) is 28.1 Å². The number of carbonyl (C=O) groups is 2. The number of halogens is 1. The van der Waals surface area contributed by atoms with Crippen molar-refractivity contribution in [1.82, 2.24) is 0 Å². The number of Topliss-reactive ketones (excluding diaryl/α,β-unsaturated/α-hetero) is 1. The van der Waals surface area contributed by atoms with Crippen molar-refractivity contribution in [3.8, 4) is 6.07 Å². The predicted molar refractivity (Wildman–Crippen MR) is 84.5 cm³/mol. The van der Waals surface area contributed by atoms with Crippen molar-refractivity contribution in [1.29, 1.82) is 5.26 Å². The first-order chi connectivity index (χ1) is 10.5. The highest BCUT2D eigenvalue weighted by molar-refractivity contribution is 9.10. The van der Waals surface area contributed by atoms with E-state index in [0.717, 1.165) is 4.47 Å². The summed E-state index contributed by atoms with van der Waals surface area (Å²) in [6, 6.07) is 14.8. The highest BCUT2D eigenvalue weighted by atomic mass is 79.9. The molecule has 110 valence electrons. The number of carbonyl (C=O) groups excluding carboxylic acids is 2. The lowest BCUT2D eigenvalue weighted by Crippen LogP contribution is -2.24. The molecule has 0 saturated carbocycles. The Morgan fingerprint density at radius 1 is 1.05 bits per heavy atom. The quantitative estimate of drug-likeness (QED) is 0.617. The molecule has 4 nitrogen and oxygen atoms in total. The minimum absolute atomic E-state index is 0.269. The molecule has 2 aromatic rings. The first-order valence-corrected chi connectivity index (χ1v) is 7.31. The lowest BCUT2D eigenvalue weighted by molar-refractivity contribution is 0.0319. The Hall–Kier alpha value is -2.45. The number of hydrogen-bond acceptors (Lipinski definition) is 4. The van der Waals surface area contributed by atoms with Crippen LogP contribution in [0, 0.1) is 11.3 Å². The summed E-state index contributed by atoms with van der Waals surface area (Å²) in [6.45, 7) is 1.53. The van der Waals surface area contributed by atoms with Crippen molar-refractivity contribution in [2.24, 2.45) is 0 Å². The Bertz CT molecular complexity index is 730. The molecule has 0 radical (unpaired) electrons. The maximum absolute atomic E-state index is 12.2. The summed E-state index contributed by atoms with van der Waals surface area (Å²) in [5.74, 6) is -0.864. The number of nitriles is 1. The molecular formula is C17H12BrNO3. The van der Waals surface area contributed by atoms with Crippen LogP contribution in [0.1, 0.15) is 33.2 Å². The first-order valence-electron chi connectivity index (χ1n) is 6.52. The fraction of sp³-hybridized carbons (Fsp3) is 0.118. The van der Waals surface area contributed by atoms with E-state index in [9.17, 15) is 9.59 Å². The molecule has 2 aromatic carbocycles. The van der Waals surface area contributed by atoms with Gasteiger partial charge in [-0.2, -0.15) is 5.26 Å². The molecule has 0 heterocycles. The van der Waals surface area contributed by atoms with E-state index in [1.807, 2.05) is 6.07 Å². The third-order valence-corrected chi connectivity index (χ3v) is 3.56. The number of ketones is 1. The van der Waals surface area contributed by atoms with Crippen LogP contribution in [0.3, 0.4) is 0 Å². The second kappa shape index (κ2) is 7.01. The van der Waals surface area contributed by atoms with Crippen LogP contribution in [0.25, 0.3) is 0 Å². The third kappa shape index (κ3) is 3.80. The fourth-order valence-electron chi connectivity index (χ4n) is 1.81. The van der Waals surface area contributed by atoms with E-state index in [1.54, 1.807) is 24.3 Å². The highest BCUT2D eigenvalue weighted by Gasteiger charge is 2.20. The van der Waals surface area contributed by atoms with Crippen LogP contribution in [-0.2, 0) is 4.74 Å². The number of ether oxygens (including phenoxy) is 1. The molecular weight excluding hydrogens is 346 g/mol. The molecule has 0 fully saturated rings. The minimum atomic E-state index is -0.885. The van der Waals surface area contributed by atoms with E-state index in [0.29, 0.717) is 16.7 Å². The lowest BCUT2D eigenvalue weighted by Gasteiger charge is -2.12. The Balaban J connectivity index is 2.05. The van der Waals surface area contributed by atoms with Crippen LogP contribution >= 0.6 is 15.9 Å². The van der Waals surface area contributed by atoms with Gasteiger partial charge in [0.05, 0.1) is 17.2 Å². The molecule has 0 bridgehead atoms. The van der Waals surface area contributed by atoms with E-state index >= 15 is 0 Å². The molecule has 0 aliphatic carbocycles. The zero-order valence-electron chi connectivity index (χ0n) is 11.7. The molecule has 0 aliphatic heterocycles. The van der Waals surface area contributed by atoms with Gasteiger partial charge in [0.25, 0.3) is 0 Å². The lowest BCUT2D eigenvalue weighted by atomic mass is 10.1. The van der Waals surface area contributed by atoms with Gasteiger partial charge >= 0.3 is 5.97 Å². The highest BCUT2D eigenvalue weighted by Crippen LogP contribution is 2.14. The van der Waals surface area contributed by atoms with Crippen molar-refractivity contribution in [2.45, 2.75) is 13.0 Å². The average Bonchev–Trinajstić information content (AvgIpc) is 2.54. The monoisotopic (exact) mass is 357 g/mol. The van der Waals surface area contributed by atoms with Crippen molar-refractivity contribution < 1.29 is 14.3 Å². The summed E-state index contributed by atoms with van der Waals surface area (Å²) >= 11 is 3.29. The summed E-state index contributed by atoms with van der Waals surface area (Å²) in [5, 5.41) is 8.72. The molecule has 5 heteroatoms. The number of esters is 1. The van der Waals surface area contributed by atoms with E-state index in [4.69, 9.17) is 10.00 Å². The molecule has 0 aliphatic rings. The zero-order valence-corrected chi connectivity index (χ0v) is 13.3. The number of rotatable bonds is 4. The van der Waals surface area contributed by atoms with Gasteiger partial charge in [0, 0.05) is 10.0 Å². The Morgan fingerprint density at radius 3 is 2.14 bits per heavy atom. The second-order valence-electron chi connectivity index (χ2n) is 4.61. The predicted octanol–water partition coefficient (Wildman–Crippen LogP) is 3.75. The van der Waals surface area contributed by atoms with E-state index < -0.39 is 12.1 Å². The summed E-state index contributed by atoms with van der Waals surface area (Å²) in [7, 11) is 0. The molecule has 0 spiro atoms. The Morgan fingerprint density at radius 2 is 1.59 bits per heavy atom. The van der Waals surface area contributed by atoms with Gasteiger partial charge in [-0.15, -0.1) is 0 Å². The topological polar surface area (TPSA) is 67.2 Å². The van der Waals surface area contributed by atoms with Crippen LogP contribution in [0.2, 0.25) is 0 Å². The van der Waals surface area contributed by atoms with Crippen molar-refractivity contribution >= 4 is 27.7 Å². The Labute approximate surface area is 136 Å². The van der Waals surface area contributed by atoms with Gasteiger partial charge in [0.2, 0.25) is 5.78 Å². The minimum Gasteiger partial charge on any atom is -0.451 e. The SMILES string of the molecule is C[C@@H](OC(=O)c1ccc(C#N)cc1)C(=O)c1ccc(Br)cc1. The van der Waals surface area contributed by atoms with Crippen LogP contribution in [0.15, 0.2) is 53.0 Å². The van der Waals surface area contributed by atoms with Gasteiger partial charge in [-0.25, -0.2) is 4.79 Å². The standard InChI is InChI=1S/C17H12BrNO3/c1-11(16(20)13-6-8-15(18)9-7-13)22-17(21)14-4-2-12(10-19)3-5-14/h2-9,11H,1H3/t11-/m1/s1. The third-order valence-electron chi connectivity index (χ3n) is 3.03. The number of hydrogen-bond donors (Lipinski definition) is 0. The first kappa shape index (κ1) is 15.9. The fourth-order valence-corrected chi connectivity index (χ4v) is 2.08.